The van der Waals surface area contributed by atoms with Crippen LogP contribution in [0.3, 0.4) is 0 Å². The SMILES string of the molecule is Clc1ccc(CC[NH+](C/C=C/c2ccccc2)C/C=C/c2ccccc2)cc1. The second kappa shape index (κ2) is 11.3. The Balaban J connectivity index is 1.59. The van der Waals surface area contributed by atoms with Crippen molar-refractivity contribution in [2.24, 2.45) is 0 Å². The van der Waals surface area contributed by atoms with Crippen LogP contribution in [-0.4, -0.2) is 19.6 Å². The predicted molar refractivity (Wildman–Crippen MR) is 122 cm³/mol. The Hall–Kier alpha value is -2.61. The van der Waals surface area contributed by atoms with Crippen molar-refractivity contribution < 1.29 is 4.90 Å². The Kier molecular flexibility index (Phi) is 8.11. The first kappa shape index (κ1) is 20.1. The van der Waals surface area contributed by atoms with Crippen LogP contribution in [0.5, 0.6) is 0 Å². The number of hydrogen-bond acceptors (Lipinski definition) is 0. The largest absolute Gasteiger partial charge is 0.328 e. The molecule has 0 aliphatic rings. The molecule has 0 bridgehead atoms. The quantitative estimate of drug-likeness (QED) is 0.514. The minimum atomic E-state index is 0.796. The van der Waals surface area contributed by atoms with E-state index in [1.807, 2.05) is 12.1 Å². The summed E-state index contributed by atoms with van der Waals surface area (Å²) in [6.45, 7) is 3.09. The third-order valence-electron chi connectivity index (χ3n) is 4.71. The summed E-state index contributed by atoms with van der Waals surface area (Å²) in [6, 6.07) is 29.2. The van der Waals surface area contributed by atoms with Gasteiger partial charge in [-0.15, -0.1) is 0 Å². The molecule has 0 aliphatic heterocycles. The molecule has 0 amide bonds. The number of halogens is 1. The van der Waals surface area contributed by atoms with Crippen LogP contribution >= 0.6 is 11.6 Å². The first-order chi connectivity index (χ1) is 13.8. The predicted octanol–water partition coefficient (Wildman–Crippen LogP) is 5.19. The molecule has 0 saturated carbocycles. The molecule has 0 spiro atoms. The van der Waals surface area contributed by atoms with Gasteiger partial charge in [-0.3, -0.25) is 0 Å². The summed E-state index contributed by atoms with van der Waals surface area (Å²) in [5.74, 6) is 0. The lowest BCUT2D eigenvalue weighted by molar-refractivity contribution is -0.887. The Morgan fingerprint density at radius 2 is 1.14 bits per heavy atom. The van der Waals surface area contributed by atoms with Crippen molar-refractivity contribution in [1.29, 1.82) is 0 Å². The maximum absolute atomic E-state index is 6.00. The monoisotopic (exact) mass is 388 g/mol. The van der Waals surface area contributed by atoms with E-state index in [0.29, 0.717) is 0 Å². The molecule has 3 rings (SSSR count). The highest BCUT2D eigenvalue weighted by Crippen LogP contribution is 2.09. The molecule has 0 aromatic heterocycles. The van der Waals surface area contributed by atoms with E-state index in [-0.39, 0.29) is 0 Å². The molecular weight excluding hydrogens is 362 g/mol. The Morgan fingerprint density at radius 3 is 1.64 bits per heavy atom. The van der Waals surface area contributed by atoms with Crippen LogP contribution < -0.4 is 4.90 Å². The van der Waals surface area contributed by atoms with Crippen LogP contribution in [0.25, 0.3) is 12.2 Å². The van der Waals surface area contributed by atoms with Crippen molar-refractivity contribution in [3.63, 3.8) is 0 Å². The third kappa shape index (κ3) is 7.19. The molecule has 0 heterocycles. The molecule has 0 atom stereocenters. The molecule has 28 heavy (non-hydrogen) atoms. The molecule has 0 aliphatic carbocycles. The van der Waals surface area contributed by atoms with Gasteiger partial charge in [0.05, 0.1) is 19.6 Å². The first-order valence-electron chi connectivity index (χ1n) is 9.81. The molecule has 1 nitrogen and oxygen atoms in total. The molecule has 3 aromatic carbocycles. The molecule has 0 unspecified atom stereocenters. The minimum Gasteiger partial charge on any atom is -0.328 e. The van der Waals surface area contributed by atoms with Crippen molar-refractivity contribution in [2.45, 2.75) is 6.42 Å². The molecule has 3 aromatic rings. The second-order valence-corrected chi connectivity index (χ2v) is 7.35. The van der Waals surface area contributed by atoms with Crippen molar-refractivity contribution in [1.82, 2.24) is 0 Å². The molecule has 0 fully saturated rings. The van der Waals surface area contributed by atoms with E-state index in [2.05, 4.69) is 97.1 Å². The van der Waals surface area contributed by atoms with E-state index in [1.165, 1.54) is 21.6 Å². The Labute approximate surface area is 173 Å². The zero-order valence-corrected chi connectivity index (χ0v) is 16.9. The van der Waals surface area contributed by atoms with Gasteiger partial charge in [0, 0.05) is 11.4 Å². The standard InChI is InChI=1S/C26H26ClN/c27-26-17-15-25(16-18-26)19-22-28(20-7-13-23-9-3-1-4-10-23)21-8-14-24-11-5-2-6-12-24/h1-18H,19-22H2/p+1/b13-7+,14-8+. The average Bonchev–Trinajstić information content (AvgIpc) is 2.74. The maximum atomic E-state index is 6.00. The zero-order valence-electron chi connectivity index (χ0n) is 16.1. The first-order valence-corrected chi connectivity index (χ1v) is 10.2. The summed E-state index contributed by atoms with van der Waals surface area (Å²) in [6.07, 6.45) is 10.0. The van der Waals surface area contributed by atoms with E-state index in [0.717, 1.165) is 31.1 Å². The number of benzene rings is 3. The van der Waals surface area contributed by atoms with Crippen molar-refractivity contribution in [3.05, 3.63) is 119 Å². The Morgan fingerprint density at radius 1 is 0.643 bits per heavy atom. The summed E-state index contributed by atoms with van der Waals surface area (Å²) >= 11 is 6.00. The summed E-state index contributed by atoms with van der Waals surface area (Å²) in [5.41, 5.74) is 3.83. The molecule has 0 saturated heterocycles. The molecule has 0 radical (unpaired) electrons. The minimum absolute atomic E-state index is 0.796. The summed E-state index contributed by atoms with van der Waals surface area (Å²) in [7, 11) is 0. The highest BCUT2D eigenvalue weighted by Gasteiger charge is 2.05. The second-order valence-electron chi connectivity index (χ2n) is 6.91. The number of hydrogen-bond donors (Lipinski definition) is 1. The highest BCUT2D eigenvalue weighted by molar-refractivity contribution is 6.30. The smallest absolute Gasteiger partial charge is 0.0963 e. The van der Waals surface area contributed by atoms with Crippen LogP contribution in [0.2, 0.25) is 5.02 Å². The van der Waals surface area contributed by atoms with Crippen LogP contribution in [0.15, 0.2) is 97.1 Å². The zero-order chi connectivity index (χ0) is 19.4. The van der Waals surface area contributed by atoms with Gasteiger partial charge in [-0.1, -0.05) is 96.5 Å². The molecule has 2 heteroatoms. The van der Waals surface area contributed by atoms with Crippen LogP contribution in [0.4, 0.5) is 0 Å². The Bertz CT molecular complexity index is 816. The maximum Gasteiger partial charge on any atom is 0.0963 e. The summed E-state index contributed by atoms with van der Waals surface area (Å²) < 4.78 is 0. The van der Waals surface area contributed by atoms with Gasteiger partial charge in [0.25, 0.3) is 0 Å². The highest BCUT2D eigenvalue weighted by atomic mass is 35.5. The van der Waals surface area contributed by atoms with Gasteiger partial charge >= 0.3 is 0 Å². The van der Waals surface area contributed by atoms with Gasteiger partial charge in [-0.2, -0.15) is 0 Å². The number of rotatable bonds is 9. The van der Waals surface area contributed by atoms with E-state index >= 15 is 0 Å². The molecular formula is C26H27ClN+. The van der Waals surface area contributed by atoms with E-state index in [1.54, 1.807) is 0 Å². The van der Waals surface area contributed by atoms with Gasteiger partial charge in [0.15, 0.2) is 0 Å². The van der Waals surface area contributed by atoms with Crippen molar-refractivity contribution in [2.75, 3.05) is 19.6 Å². The van der Waals surface area contributed by atoms with Crippen molar-refractivity contribution in [3.8, 4) is 0 Å². The van der Waals surface area contributed by atoms with Gasteiger partial charge in [-0.25, -0.2) is 0 Å². The summed E-state index contributed by atoms with van der Waals surface area (Å²) in [4.78, 5) is 1.54. The lowest BCUT2D eigenvalue weighted by Gasteiger charge is -2.16. The molecule has 1 N–H and O–H groups in total. The van der Waals surface area contributed by atoms with Gasteiger partial charge < -0.3 is 4.90 Å². The number of quaternary nitrogens is 1. The number of nitrogens with one attached hydrogen (secondary N) is 1. The van der Waals surface area contributed by atoms with Crippen LogP contribution in [0.1, 0.15) is 16.7 Å². The van der Waals surface area contributed by atoms with Gasteiger partial charge in [-0.05, 0) is 41.0 Å². The van der Waals surface area contributed by atoms with E-state index < -0.39 is 0 Å². The fourth-order valence-electron chi connectivity index (χ4n) is 3.11. The van der Waals surface area contributed by atoms with E-state index in [9.17, 15) is 0 Å². The fourth-order valence-corrected chi connectivity index (χ4v) is 3.24. The average molecular weight is 389 g/mol. The fraction of sp³-hybridized carbons (Fsp3) is 0.154. The molecule has 142 valence electrons. The third-order valence-corrected chi connectivity index (χ3v) is 4.97. The van der Waals surface area contributed by atoms with Gasteiger partial charge in [0.2, 0.25) is 0 Å². The summed E-state index contributed by atoms with van der Waals surface area (Å²) in [5, 5.41) is 0.796. The topological polar surface area (TPSA) is 4.44 Å². The normalized spacial score (nSPS) is 11.6. The van der Waals surface area contributed by atoms with E-state index in [4.69, 9.17) is 11.6 Å². The van der Waals surface area contributed by atoms with Crippen LogP contribution in [0, 0.1) is 0 Å². The van der Waals surface area contributed by atoms with Gasteiger partial charge in [0.1, 0.15) is 0 Å². The lowest BCUT2D eigenvalue weighted by atomic mass is 10.1. The van der Waals surface area contributed by atoms with Crippen LogP contribution in [-0.2, 0) is 6.42 Å². The van der Waals surface area contributed by atoms with Crippen molar-refractivity contribution >= 4 is 23.8 Å². The lowest BCUT2D eigenvalue weighted by Crippen LogP contribution is -3.11.